The van der Waals surface area contributed by atoms with Crippen LogP contribution in [0.2, 0.25) is 0 Å². The maximum Gasteiger partial charge on any atom is 0.329 e. The lowest BCUT2D eigenvalue weighted by atomic mass is 9.77. The van der Waals surface area contributed by atoms with Gasteiger partial charge < -0.3 is 14.8 Å². The van der Waals surface area contributed by atoms with Gasteiger partial charge in [0.05, 0.1) is 5.56 Å². The minimum atomic E-state index is -1.13. The maximum atomic E-state index is 12.5. The number of aromatic nitrogens is 1. The predicted molar refractivity (Wildman–Crippen MR) is 82.9 cm³/mol. The summed E-state index contributed by atoms with van der Waals surface area (Å²) in [4.78, 5) is 24.2. The van der Waals surface area contributed by atoms with Crippen molar-refractivity contribution < 1.29 is 14.7 Å². The van der Waals surface area contributed by atoms with E-state index in [1.54, 1.807) is 12.3 Å². The number of carbonyl (C=O) groups is 2. The molecule has 2 N–H and O–H groups in total. The summed E-state index contributed by atoms with van der Waals surface area (Å²) >= 11 is 0. The van der Waals surface area contributed by atoms with Crippen molar-refractivity contribution in [3.63, 3.8) is 0 Å². The van der Waals surface area contributed by atoms with Gasteiger partial charge in [-0.25, -0.2) is 4.79 Å². The summed E-state index contributed by atoms with van der Waals surface area (Å²) in [6, 6.07) is 7.47. The second-order valence-corrected chi connectivity index (χ2v) is 6.29. The van der Waals surface area contributed by atoms with Crippen molar-refractivity contribution >= 4 is 17.4 Å². The Hall–Kier alpha value is -2.30. The number of aliphatic carboxylic acids is 1. The third kappa shape index (κ3) is 2.58. The molecule has 0 aliphatic heterocycles. The monoisotopic (exact) mass is 300 g/mol. The maximum absolute atomic E-state index is 12.5. The molecule has 1 aliphatic carbocycles. The predicted octanol–water partition coefficient (Wildman–Crippen LogP) is 2.70. The van der Waals surface area contributed by atoms with Gasteiger partial charge in [-0.3, -0.25) is 4.79 Å². The van der Waals surface area contributed by atoms with Gasteiger partial charge in [0.25, 0.3) is 5.91 Å². The van der Waals surface area contributed by atoms with E-state index in [9.17, 15) is 14.7 Å². The molecule has 1 aliphatic rings. The number of amides is 1. The zero-order valence-corrected chi connectivity index (χ0v) is 12.6. The van der Waals surface area contributed by atoms with E-state index < -0.39 is 11.5 Å². The molecular formula is C17H20N2O3. The molecule has 0 saturated heterocycles. The van der Waals surface area contributed by atoms with Crippen molar-refractivity contribution in [2.75, 3.05) is 0 Å². The Morgan fingerprint density at radius 2 is 2.05 bits per heavy atom. The van der Waals surface area contributed by atoms with Crippen LogP contribution < -0.4 is 5.32 Å². The molecule has 116 valence electrons. The minimum absolute atomic E-state index is 0.319. The molecule has 1 fully saturated rings. The van der Waals surface area contributed by atoms with E-state index >= 15 is 0 Å². The van der Waals surface area contributed by atoms with Crippen molar-refractivity contribution in [2.24, 2.45) is 5.92 Å². The molecule has 0 unspecified atom stereocenters. The second-order valence-electron chi connectivity index (χ2n) is 6.29. The summed E-state index contributed by atoms with van der Waals surface area (Å²) in [5, 5.41) is 12.4. The van der Waals surface area contributed by atoms with E-state index in [1.165, 1.54) is 0 Å². The van der Waals surface area contributed by atoms with Crippen molar-refractivity contribution in [1.29, 1.82) is 0 Å². The van der Waals surface area contributed by atoms with Crippen LogP contribution in [-0.2, 0) is 4.79 Å². The van der Waals surface area contributed by atoms with Gasteiger partial charge in [-0.05, 0) is 49.8 Å². The second kappa shape index (κ2) is 5.48. The highest BCUT2D eigenvalue weighted by atomic mass is 16.4. The molecule has 2 heterocycles. The van der Waals surface area contributed by atoms with Gasteiger partial charge in [0.2, 0.25) is 0 Å². The van der Waals surface area contributed by atoms with Crippen LogP contribution in [0, 0.1) is 5.92 Å². The van der Waals surface area contributed by atoms with Crippen LogP contribution in [0.4, 0.5) is 0 Å². The van der Waals surface area contributed by atoms with Gasteiger partial charge in [-0.2, -0.15) is 0 Å². The molecule has 1 saturated carbocycles. The lowest BCUT2D eigenvalue weighted by Gasteiger charge is -2.36. The number of hydrogen-bond donors (Lipinski definition) is 2. The van der Waals surface area contributed by atoms with E-state index in [1.807, 2.05) is 28.8 Å². The number of carbonyl (C=O) groups excluding carboxylic acids is 1. The first kappa shape index (κ1) is 14.6. The molecule has 5 heteroatoms. The van der Waals surface area contributed by atoms with Crippen LogP contribution in [0.3, 0.4) is 0 Å². The average molecular weight is 300 g/mol. The lowest BCUT2D eigenvalue weighted by molar-refractivity contribution is -0.146. The summed E-state index contributed by atoms with van der Waals surface area (Å²) in [5.74, 6) is -0.737. The van der Waals surface area contributed by atoms with E-state index in [-0.39, 0.29) is 5.91 Å². The fraction of sp³-hybridized carbons (Fsp3) is 0.412. The van der Waals surface area contributed by atoms with Gasteiger partial charge in [0.15, 0.2) is 0 Å². The first-order valence-corrected chi connectivity index (χ1v) is 7.63. The average Bonchev–Trinajstić information content (AvgIpc) is 2.93. The number of nitrogens with one attached hydrogen (secondary N) is 1. The first-order chi connectivity index (χ1) is 10.5. The van der Waals surface area contributed by atoms with Crippen LogP contribution in [0.1, 0.15) is 43.0 Å². The Balaban J connectivity index is 1.83. The Morgan fingerprint density at radius 1 is 1.32 bits per heavy atom. The van der Waals surface area contributed by atoms with Crippen LogP contribution in [0.15, 0.2) is 36.7 Å². The number of fused-ring (bicyclic) bond motifs is 1. The molecule has 3 rings (SSSR count). The Morgan fingerprint density at radius 3 is 2.68 bits per heavy atom. The van der Waals surface area contributed by atoms with Gasteiger partial charge in [0, 0.05) is 17.9 Å². The third-order valence-corrected chi connectivity index (χ3v) is 4.66. The largest absolute Gasteiger partial charge is 0.480 e. The zero-order valence-electron chi connectivity index (χ0n) is 12.6. The molecule has 0 atom stereocenters. The van der Waals surface area contributed by atoms with Gasteiger partial charge in [0.1, 0.15) is 5.54 Å². The van der Waals surface area contributed by atoms with Gasteiger partial charge in [-0.1, -0.05) is 13.0 Å². The summed E-state index contributed by atoms with van der Waals surface area (Å²) in [7, 11) is 0. The number of pyridine rings is 1. The van der Waals surface area contributed by atoms with Gasteiger partial charge >= 0.3 is 5.97 Å². The van der Waals surface area contributed by atoms with Crippen molar-refractivity contribution in [3.05, 3.63) is 42.2 Å². The molecule has 5 nitrogen and oxygen atoms in total. The highest BCUT2D eigenvalue weighted by molar-refractivity contribution is 5.99. The number of carboxylic acids is 1. The Bertz CT molecular complexity index is 679. The normalized spacial score (nSPS) is 25.0. The highest BCUT2D eigenvalue weighted by Crippen LogP contribution is 2.32. The Labute approximate surface area is 128 Å². The number of carboxylic acid groups (broad SMARTS) is 1. The van der Waals surface area contributed by atoms with Gasteiger partial charge in [-0.15, -0.1) is 0 Å². The quantitative estimate of drug-likeness (QED) is 0.915. The van der Waals surface area contributed by atoms with E-state index in [4.69, 9.17) is 0 Å². The molecular weight excluding hydrogens is 280 g/mol. The van der Waals surface area contributed by atoms with Crippen molar-refractivity contribution in [3.8, 4) is 0 Å². The van der Waals surface area contributed by atoms with Crippen molar-refractivity contribution in [2.45, 2.75) is 38.1 Å². The summed E-state index contributed by atoms with van der Waals surface area (Å²) < 4.78 is 1.85. The molecule has 0 bridgehead atoms. The number of nitrogens with zero attached hydrogens (tertiary/aromatic N) is 1. The smallest absolute Gasteiger partial charge is 0.329 e. The van der Waals surface area contributed by atoms with E-state index in [0.29, 0.717) is 24.3 Å². The molecule has 1 amide bonds. The fourth-order valence-electron chi connectivity index (χ4n) is 3.12. The molecule has 0 radical (unpaired) electrons. The fourth-order valence-corrected chi connectivity index (χ4v) is 3.12. The zero-order chi connectivity index (χ0) is 15.7. The summed E-state index contributed by atoms with van der Waals surface area (Å²) in [6.45, 7) is 2.12. The number of rotatable bonds is 3. The number of hydrogen-bond acceptors (Lipinski definition) is 2. The molecule has 2 aromatic rings. The van der Waals surface area contributed by atoms with Crippen LogP contribution in [-0.4, -0.2) is 26.9 Å². The standard InChI is InChI=1S/C17H20N2O3/c1-12-5-7-17(8-6-12,16(21)22)18-15(20)13-10-14-4-2-3-9-19(14)11-13/h2-4,9-12H,5-8H2,1H3,(H,18,20)(H,21,22). The molecule has 22 heavy (non-hydrogen) atoms. The first-order valence-electron chi connectivity index (χ1n) is 7.63. The molecule has 0 aromatic carbocycles. The molecule has 2 aromatic heterocycles. The third-order valence-electron chi connectivity index (χ3n) is 4.66. The molecule has 0 spiro atoms. The topological polar surface area (TPSA) is 70.8 Å². The highest BCUT2D eigenvalue weighted by Gasteiger charge is 2.42. The van der Waals surface area contributed by atoms with Crippen LogP contribution >= 0.6 is 0 Å². The minimum Gasteiger partial charge on any atom is -0.480 e. The summed E-state index contributed by atoms with van der Waals surface area (Å²) in [6.07, 6.45) is 6.22. The van der Waals surface area contributed by atoms with E-state index in [0.717, 1.165) is 18.4 Å². The SMILES string of the molecule is CC1CCC(NC(=O)c2cc3ccccn3c2)(C(=O)O)CC1. The lowest BCUT2D eigenvalue weighted by Crippen LogP contribution is -2.56. The van der Waals surface area contributed by atoms with E-state index in [2.05, 4.69) is 12.2 Å². The Kier molecular flexibility index (Phi) is 3.64. The van der Waals surface area contributed by atoms with Crippen molar-refractivity contribution in [1.82, 2.24) is 9.72 Å². The summed E-state index contributed by atoms with van der Waals surface area (Å²) in [5.41, 5.74) is 0.275. The van der Waals surface area contributed by atoms with Crippen LogP contribution in [0.5, 0.6) is 0 Å². The van der Waals surface area contributed by atoms with Crippen LogP contribution in [0.25, 0.3) is 5.52 Å².